The van der Waals surface area contributed by atoms with Crippen LogP contribution in [0.1, 0.15) is 48.5 Å². The second kappa shape index (κ2) is 8.65. The zero-order valence-electron chi connectivity index (χ0n) is 19.6. The molecule has 2 saturated carbocycles. The zero-order chi connectivity index (χ0) is 24.2. The number of ketones is 1. The molecule has 0 radical (unpaired) electrons. The van der Waals surface area contributed by atoms with Crippen LogP contribution in [0.15, 0.2) is 66.9 Å². The molecular weight excluding hydrogens is 476 g/mol. The Morgan fingerprint density at radius 2 is 1.69 bits per heavy atom. The highest BCUT2D eigenvalue weighted by molar-refractivity contribution is 7.23. The molecule has 2 aliphatic rings. The molecule has 2 heterocycles. The largest absolute Gasteiger partial charge is 0.349 e. The number of Topliss-reactive ketones (excluding diaryl/α,β-unsaturated/α-hetero) is 1. The lowest BCUT2D eigenvalue weighted by Gasteiger charge is -2.57. The van der Waals surface area contributed by atoms with Crippen molar-refractivity contribution in [2.24, 2.45) is 11.3 Å². The Balaban J connectivity index is 1.17. The van der Waals surface area contributed by atoms with Crippen molar-refractivity contribution < 1.29 is 9.59 Å². The number of nitrogens with one attached hydrogen (secondary N) is 1. The Labute approximate surface area is 213 Å². The fraction of sp³-hybridized carbons (Fsp3) is 0.310. The van der Waals surface area contributed by atoms with E-state index in [9.17, 15) is 9.59 Å². The average molecular weight is 503 g/mol. The minimum Gasteiger partial charge on any atom is -0.349 e. The molecule has 1 spiro atoms. The molecule has 0 atom stereocenters. The molecule has 2 fully saturated rings. The number of thiophene rings is 1. The Kier molecular flexibility index (Phi) is 5.58. The van der Waals surface area contributed by atoms with E-state index in [0.29, 0.717) is 22.2 Å². The van der Waals surface area contributed by atoms with Crippen LogP contribution in [0.4, 0.5) is 0 Å². The van der Waals surface area contributed by atoms with Crippen LogP contribution in [0, 0.1) is 11.3 Å². The molecule has 2 aromatic heterocycles. The van der Waals surface area contributed by atoms with Gasteiger partial charge in [0.2, 0.25) is 0 Å². The molecule has 6 rings (SSSR count). The molecule has 178 valence electrons. The summed E-state index contributed by atoms with van der Waals surface area (Å²) in [6, 6.07) is 21.1. The number of carbonyl (C=O) groups is 2. The first-order valence-corrected chi connectivity index (χ1v) is 13.3. The van der Waals surface area contributed by atoms with Gasteiger partial charge in [0, 0.05) is 24.7 Å². The molecule has 6 heteroatoms. The van der Waals surface area contributed by atoms with Crippen molar-refractivity contribution >= 4 is 44.8 Å². The van der Waals surface area contributed by atoms with Gasteiger partial charge in [-0.25, -0.2) is 0 Å². The number of fused-ring (bicyclic) bond motifs is 1. The van der Waals surface area contributed by atoms with E-state index in [4.69, 9.17) is 11.6 Å². The van der Waals surface area contributed by atoms with Crippen LogP contribution in [-0.2, 0) is 11.3 Å². The number of rotatable bonds is 6. The van der Waals surface area contributed by atoms with Gasteiger partial charge < -0.3 is 9.88 Å². The SMILES string of the molecule is CC(=O)C1CC2(CC(NC(=O)c3c(Cl)sc4ccn(Cc5ccc(-c6ccccc6)cc5)c34)C2)C1. The Morgan fingerprint density at radius 3 is 2.37 bits per heavy atom. The highest BCUT2D eigenvalue weighted by atomic mass is 35.5. The van der Waals surface area contributed by atoms with Crippen molar-refractivity contribution in [2.75, 3.05) is 0 Å². The van der Waals surface area contributed by atoms with Crippen LogP contribution in [0.3, 0.4) is 0 Å². The van der Waals surface area contributed by atoms with Gasteiger partial charge in [-0.05, 0) is 60.8 Å². The molecule has 0 unspecified atom stereocenters. The Hall–Kier alpha value is -2.89. The predicted octanol–water partition coefficient (Wildman–Crippen LogP) is 6.95. The summed E-state index contributed by atoms with van der Waals surface area (Å²) in [5, 5.41) is 3.21. The third-order valence-electron chi connectivity index (χ3n) is 7.83. The number of aromatic nitrogens is 1. The van der Waals surface area contributed by atoms with E-state index in [1.54, 1.807) is 6.92 Å². The topological polar surface area (TPSA) is 51.1 Å². The number of amides is 1. The fourth-order valence-electron chi connectivity index (χ4n) is 5.95. The molecule has 35 heavy (non-hydrogen) atoms. The van der Waals surface area contributed by atoms with Crippen LogP contribution in [0.25, 0.3) is 21.3 Å². The van der Waals surface area contributed by atoms with Gasteiger partial charge in [0.15, 0.2) is 0 Å². The number of benzene rings is 2. The maximum atomic E-state index is 13.3. The molecule has 1 amide bonds. The first kappa shape index (κ1) is 22.6. The second-order valence-corrected chi connectivity index (χ2v) is 11.9. The molecule has 4 nitrogen and oxygen atoms in total. The fourth-order valence-corrected chi connectivity index (χ4v) is 7.31. The summed E-state index contributed by atoms with van der Waals surface area (Å²) in [5.41, 5.74) is 5.30. The van der Waals surface area contributed by atoms with E-state index in [1.807, 2.05) is 30.5 Å². The van der Waals surface area contributed by atoms with Crippen molar-refractivity contribution in [3.8, 4) is 11.1 Å². The number of carbonyl (C=O) groups excluding carboxylic acids is 2. The standard InChI is InChI=1S/C29H27ClN2O2S/c1-18(33)22-13-29(14-22)15-23(16-29)31-28(34)25-26-24(35-27(25)30)11-12-32(26)17-19-7-9-21(10-8-19)20-5-3-2-4-6-20/h2-12,22-23H,13-17H2,1H3,(H,31,34). The minimum atomic E-state index is -0.0945. The summed E-state index contributed by atoms with van der Waals surface area (Å²) in [5.74, 6) is 0.427. The van der Waals surface area contributed by atoms with Gasteiger partial charge >= 0.3 is 0 Å². The van der Waals surface area contributed by atoms with Crippen molar-refractivity contribution in [1.29, 1.82) is 0 Å². The number of hydrogen-bond acceptors (Lipinski definition) is 3. The number of halogens is 1. The van der Waals surface area contributed by atoms with Gasteiger partial charge in [0.1, 0.15) is 10.1 Å². The number of hydrogen-bond donors (Lipinski definition) is 1. The van der Waals surface area contributed by atoms with E-state index in [1.165, 1.54) is 28.0 Å². The maximum absolute atomic E-state index is 13.3. The van der Waals surface area contributed by atoms with Gasteiger partial charge in [-0.2, -0.15) is 0 Å². The van der Waals surface area contributed by atoms with Crippen LogP contribution in [-0.4, -0.2) is 22.3 Å². The predicted molar refractivity (Wildman–Crippen MR) is 142 cm³/mol. The third kappa shape index (κ3) is 4.11. The molecular formula is C29H27ClN2O2S. The summed E-state index contributed by atoms with van der Waals surface area (Å²) in [7, 11) is 0. The summed E-state index contributed by atoms with van der Waals surface area (Å²) in [4.78, 5) is 24.8. The highest BCUT2D eigenvalue weighted by Gasteiger charge is 2.54. The molecule has 0 aliphatic heterocycles. The number of nitrogens with zero attached hydrogens (tertiary/aromatic N) is 1. The van der Waals surface area contributed by atoms with Gasteiger partial charge in [0.05, 0.1) is 15.8 Å². The zero-order valence-corrected chi connectivity index (χ0v) is 21.2. The Bertz CT molecular complexity index is 1410. The molecule has 4 aromatic rings. The van der Waals surface area contributed by atoms with E-state index < -0.39 is 0 Å². The summed E-state index contributed by atoms with van der Waals surface area (Å²) < 4.78 is 3.68. The molecule has 2 aromatic carbocycles. The quantitative estimate of drug-likeness (QED) is 0.310. The van der Waals surface area contributed by atoms with Gasteiger partial charge in [-0.1, -0.05) is 66.2 Å². The first-order chi connectivity index (χ1) is 16.9. The van der Waals surface area contributed by atoms with Crippen LogP contribution < -0.4 is 5.32 Å². The molecule has 1 N–H and O–H groups in total. The van der Waals surface area contributed by atoms with Gasteiger partial charge in [0.25, 0.3) is 5.91 Å². The van der Waals surface area contributed by atoms with Crippen LogP contribution in [0.5, 0.6) is 0 Å². The van der Waals surface area contributed by atoms with E-state index in [-0.39, 0.29) is 23.3 Å². The average Bonchev–Trinajstić information content (AvgIpc) is 3.33. The van der Waals surface area contributed by atoms with E-state index in [2.05, 4.69) is 46.3 Å². The summed E-state index contributed by atoms with van der Waals surface area (Å²) in [6.45, 7) is 2.36. The maximum Gasteiger partial charge on any atom is 0.256 e. The molecule has 0 bridgehead atoms. The minimum absolute atomic E-state index is 0.0945. The van der Waals surface area contributed by atoms with Crippen molar-refractivity contribution in [3.63, 3.8) is 0 Å². The van der Waals surface area contributed by atoms with Crippen molar-refractivity contribution in [3.05, 3.63) is 82.3 Å². The third-order valence-corrected chi connectivity index (χ3v) is 9.18. The monoisotopic (exact) mass is 502 g/mol. The lowest BCUT2D eigenvalue weighted by atomic mass is 9.49. The molecule has 2 aliphatic carbocycles. The highest BCUT2D eigenvalue weighted by Crippen LogP contribution is 2.59. The van der Waals surface area contributed by atoms with Crippen LogP contribution >= 0.6 is 22.9 Å². The Morgan fingerprint density at radius 1 is 1.00 bits per heavy atom. The second-order valence-electron chi connectivity index (χ2n) is 10.3. The lowest BCUT2D eigenvalue weighted by Crippen LogP contribution is -2.57. The molecule has 0 saturated heterocycles. The smallest absolute Gasteiger partial charge is 0.256 e. The summed E-state index contributed by atoms with van der Waals surface area (Å²) >= 11 is 8.02. The lowest BCUT2D eigenvalue weighted by molar-refractivity contribution is -0.134. The first-order valence-electron chi connectivity index (χ1n) is 12.1. The van der Waals surface area contributed by atoms with E-state index >= 15 is 0 Å². The summed E-state index contributed by atoms with van der Waals surface area (Å²) in [6.07, 6.45) is 5.91. The van der Waals surface area contributed by atoms with Crippen molar-refractivity contribution in [1.82, 2.24) is 9.88 Å². The van der Waals surface area contributed by atoms with Gasteiger partial charge in [-0.15, -0.1) is 11.3 Å². The van der Waals surface area contributed by atoms with Crippen LogP contribution in [0.2, 0.25) is 4.34 Å². The normalized spacial score (nSPS) is 23.1. The van der Waals surface area contributed by atoms with Crippen molar-refractivity contribution in [2.45, 2.75) is 45.2 Å². The van der Waals surface area contributed by atoms with Gasteiger partial charge in [-0.3, -0.25) is 9.59 Å². The van der Waals surface area contributed by atoms with E-state index in [0.717, 1.165) is 35.9 Å².